The summed E-state index contributed by atoms with van der Waals surface area (Å²) in [5, 5.41) is 10.3. The van der Waals surface area contributed by atoms with Gasteiger partial charge in [0.15, 0.2) is 10.3 Å². The molecule has 1 aromatic heterocycles. The zero-order chi connectivity index (χ0) is 20.4. The van der Waals surface area contributed by atoms with E-state index in [2.05, 4.69) is 9.98 Å². The molecule has 7 heteroatoms. The molecule has 1 aliphatic heterocycles. The van der Waals surface area contributed by atoms with Crippen molar-refractivity contribution >= 4 is 51.4 Å². The fourth-order valence-electron chi connectivity index (χ4n) is 2.89. The molecular weight excluding hydrogens is 406 g/mol. The highest BCUT2D eigenvalue weighted by atomic mass is 35.5. The number of anilines is 1. The van der Waals surface area contributed by atoms with E-state index < -0.39 is 0 Å². The highest BCUT2D eigenvalue weighted by molar-refractivity contribution is 8.19. The maximum Gasteiger partial charge on any atom is 0.271 e. The van der Waals surface area contributed by atoms with Crippen LogP contribution >= 0.6 is 23.4 Å². The summed E-state index contributed by atoms with van der Waals surface area (Å²) in [4.78, 5) is 24.2. The van der Waals surface area contributed by atoms with Gasteiger partial charge < -0.3 is 5.11 Å². The van der Waals surface area contributed by atoms with Crippen molar-refractivity contribution in [2.45, 2.75) is 6.92 Å². The van der Waals surface area contributed by atoms with Gasteiger partial charge in [-0.05, 0) is 66.2 Å². The normalized spacial score (nSPS) is 17.1. The minimum absolute atomic E-state index is 0.162. The lowest BCUT2D eigenvalue weighted by Crippen LogP contribution is -2.28. The Kier molecular flexibility index (Phi) is 5.38. The molecule has 29 heavy (non-hydrogen) atoms. The lowest BCUT2D eigenvalue weighted by atomic mass is 10.1. The predicted molar refractivity (Wildman–Crippen MR) is 119 cm³/mol. The Morgan fingerprint density at radius 3 is 2.48 bits per heavy atom. The number of rotatable bonds is 3. The molecule has 1 aliphatic rings. The molecule has 4 rings (SSSR count). The lowest BCUT2D eigenvalue weighted by Gasteiger charge is -2.15. The Bertz CT molecular complexity index is 1130. The molecule has 2 aromatic carbocycles. The van der Waals surface area contributed by atoms with Crippen LogP contribution in [-0.2, 0) is 4.79 Å². The highest BCUT2D eigenvalue weighted by Crippen LogP contribution is 2.40. The van der Waals surface area contributed by atoms with Gasteiger partial charge in [-0.1, -0.05) is 41.9 Å². The number of amidine groups is 1. The number of aromatic hydroxyl groups is 1. The number of phenolic OH excluding ortho intramolecular Hbond substituents is 1. The first kappa shape index (κ1) is 19.2. The molecule has 3 aromatic rings. The molecule has 1 amide bonds. The number of carbonyl (C=O) groups excluding carboxylic acids is 1. The van der Waals surface area contributed by atoms with E-state index in [0.29, 0.717) is 15.8 Å². The Labute approximate surface area is 177 Å². The van der Waals surface area contributed by atoms with Crippen molar-refractivity contribution in [3.63, 3.8) is 0 Å². The van der Waals surface area contributed by atoms with Crippen molar-refractivity contribution in [1.29, 1.82) is 0 Å². The van der Waals surface area contributed by atoms with Gasteiger partial charge in [0, 0.05) is 6.20 Å². The molecule has 0 saturated carbocycles. The summed E-state index contributed by atoms with van der Waals surface area (Å²) in [6.07, 6.45) is 1.59. The summed E-state index contributed by atoms with van der Waals surface area (Å²) in [5.41, 5.74) is 2.88. The van der Waals surface area contributed by atoms with E-state index in [9.17, 15) is 9.90 Å². The van der Waals surface area contributed by atoms with Gasteiger partial charge in [-0.2, -0.15) is 0 Å². The molecule has 1 fully saturated rings. The summed E-state index contributed by atoms with van der Waals surface area (Å²) in [7, 11) is 0. The third-order valence-corrected chi connectivity index (χ3v) is 5.83. The number of hydrogen-bond donors (Lipinski definition) is 1. The SMILES string of the molecule is C/C(=C1/SC(=Nc2cccnc2Cl)N(c2ccccc2)C1=O)c1ccc(O)cc1. The molecule has 0 radical (unpaired) electrons. The van der Waals surface area contributed by atoms with Crippen LogP contribution in [0.25, 0.3) is 5.57 Å². The summed E-state index contributed by atoms with van der Waals surface area (Å²) in [6.45, 7) is 1.88. The highest BCUT2D eigenvalue weighted by Gasteiger charge is 2.36. The molecule has 0 spiro atoms. The molecule has 0 unspecified atom stereocenters. The summed E-state index contributed by atoms with van der Waals surface area (Å²) < 4.78 is 0. The Balaban J connectivity index is 1.83. The van der Waals surface area contributed by atoms with Crippen LogP contribution in [0.5, 0.6) is 5.75 Å². The van der Waals surface area contributed by atoms with E-state index in [1.807, 2.05) is 37.3 Å². The van der Waals surface area contributed by atoms with Crippen LogP contribution in [0, 0.1) is 0 Å². The van der Waals surface area contributed by atoms with E-state index in [-0.39, 0.29) is 16.8 Å². The maximum absolute atomic E-state index is 13.3. The lowest BCUT2D eigenvalue weighted by molar-refractivity contribution is -0.113. The van der Waals surface area contributed by atoms with Crippen molar-refractivity contribution in [3.8, 4) is 5.75 Å². The molecule has 0 bridgehead atoms. The number of phenols is 1. The third-order valence-electron chi connectivity index (χ3n) is 4.39. The predicted octanol–water partition coefficient (Wildman–Crippen LogP) is 5.64. The molecule has 1 N–H and O–H groups in total. The number of para-hydroxylation sites is 1. The van der Waals surface area contributed by atoms with Crippen LogP contribution in [0.1, 0.15) is 12.5 Å². The minimum Gasteiger partial charge on any atom is -0.508 e. The molecule has 0 atom stereocenters. The Morgan fingerprint density at radius 1 is 1.07 bits per heavy atom. The molecule has 2 heterocycles. The number of amides is 1. The van der Waals surface area contributed by atoms with Crippen LogP contribution in [0.2, 0.25) is 5.15 Å². The van der Waals surface area contributed by atoms with Gasteiger partial charge in [0.05, 0.1) is 10.6 Å². The average molecular weight is 422 g/mol. The van der Waals surface area contributed by atoms with Crippen LogP contribution in [0.3, 0.4) is 0 Å². The van der Waals surface area contributed by atoms with E-state index in [4.69, 9.17) is 11.6 Å². The quantitative estimate of drug-likeness (QED) is 0.439. The number of pyridine rings is 1. The van der Waals surface area contributed by atoms with Gasteiger partial charge in [-0.15, -0.1) is 0 Å². The number of hydrogen-bond acceptors (Lipinski definition) is 5. The van der Waals surface area contributed by atoms with Crippen molar-refractivity contribution in [2.24, 2.45) is 4.99 Å². The van der Waals surface area contributed by atoms with Crippen LogP contribution in [-0.4, -0.2) is 21.2 Å². The zero-order valence-electron chi connectivity index (χ0n) is 15.4. The first-order valence-electron chi connectivity index (χ1n) is 8.81. The van der Waals surface area contributed by atoms with E-state index in [1.165, 1.54) is 11.8 Å². The molecule has 144 valence electrons. The number of benzene rings is 2. The second kappa shape index (κ2) is 8.11. The fraction of sp³-hybridized carbons (Fsp3) is 0.0455. The van der Waals surface area contributed by atoms with Gasteiger partial charge in [-0.3, -0.25) is 9.69 Å². The second-order valence-electron chi connectivity index (χ2n) is 6.29. The second-order valence-corrected chi connectivity index (χ2v) is 7.62. The standard InChI is InChI=1S/C22H16ClN3O2S/c1-14(15-9-11-17(27)12-10-15)19-21(28)26(16-6-3-2-4-7-16)22(29-19)25-18-8-5-13-24-20(18)23/h2-13,27H,1H3/b19-14-,25-22?. The van der Waals surface area contributed by atoms with E-state index >= 15 is 0 Å². The third kappa shape index (κ3) is 3.90. The number of allylic oxidation sites excluding steroid dienone is 1. The van der Waals surface area contributed by atoms with E-state index in [0.717, 1.165) is 16.8 Å². The maximum atomic E-state index is 13.3. The number of carbonyl (C=O) groups is 1. The van der Waals surface area contributed by atoms with Gasteiger partial charge in [0.1, 0.15) is 11.4 Å². The number of aliphatic imine (C=N–C) groups is 1. The topological polar surface area (TPSA) is 65.8 Å². The molecule has 1 saturated heterocycles. The molecule has 0 aliphatic carbocycles. The number of thioether (sulfide) groups is 1. The van der Waals surface area contributed by atoms with Crippen LogP contribution in [0.4, 0.5) is 11.4 Å². The smallest absolute Gasteiger partial charge is 0.271 e. The fourth-order valence-corrected chi connectivity index (χ4v) is 4.11. The Hall–Kier alpha value is -3.09. The van der Waals surface area contributed by atoms with E-state index in [1.54, 1.807) is 47.5 Å². The van der Waals surface area contributed by atoms with Gasteiger partial charge in [0.25, 0.3) is 5.91 Å². The van der Waals surface area contributed by atoms with Crippen molar-refractivity contribution in [3.05, 3.63) is 88.5 Å². The van der Waals surface area contributed by atoms with Crippen LogP contribution in [0.15, 0.2) is 82.8 Å². The number of halogens is 1. The van der Waals surface area contributed by atoms with Crippen LogP contribution < -0.4 is 4.90 Å². The van der Waals surface area contributed by atoms with Crippen molar-refractivity contribution < 1.29 is 9.90 Å². The largest absolute Gasteiger partial charge is 0.508 e. The van der Waals surface area contributed by atoms with Gasteiger partial charge >= 0.3 is 0 Å². The molecular formula is C22H16ClN3O2S. The first-order valence-corrected chi connectivity index (χ1v) is 10.0. The number of aromatic nitrogens is 1. The average Bonchev–Trinajstić information content (AvgIpc) is 3.06. The number of nitrogens with zero attached hydrogens (tertiary/aromatic N) is 3. The first-order chi connectivity index (χ1) is 14.0. The zero-order valence-corrected chi connectivity index (χ0v) is 17.0. The van der Waals surface area contributed by atoms with Crippen molar-refractivity contribution in [1.82, 2.24) is 4.98 Å². The Morgan fingerprint density at radius 2 is 1.79 bits per heavy atom. The summed E-state index contributed by atoms with van der Waals surface area (Å²) in [5.74, 6) is 0.0156. The monoisotopic (exact) mass is 421 g/mol. The van der Waals surface area contributed by atoms with Gasteiger partial charge in [0.2, 0.25) is 0 Å². The van der Waals surface area contributed by atoms with Crippen molar-refractivity contribution in [2.75, 3.05) is 4.90 Å². The summed E-state index contributed by atoms with van der Waals surface area (Å²) in [6, 6.07) is 19.6. The van der Waals surface area contributed by atoms with Gasteiger partial charge in [-0.25, -0.2) is 9.98 Å². The summed E-state index contributed by atoms with van der Waals surface area (Å²) >= 11 is 7.47. The molecule has 5 nitrogen and oxygen atoms in total. The minimum atomic E-state index is -0.162.